The minimum Gasteiger partial charge on any atom is -0.405 e. The predicted molar refractivity (Wildman–Crippen MR) is 78.6 cm³/mol. The van der Waals surface area contributed by atoms with E-state index < -0.39 is 7.75 Å². The fourth-order valence-corrected chi connectivity index (χ4v) is 2.72. The standard InChI is InChI=1S/C15H14NO3P/c1-2-13-16-20(17,18-14-9-5-3-6-10-14)19-15-11-7-4-8-12-15/h1,3-12H,13H2,(H,16,17). The van der Waals surface area contributed by atoms with Crippen LogP contribution in [0.1, 0.15) is 0 Å². The molecule has 2 rings (SSSR count). The zero-order valence-corrected chi connectivity index (χ0v) is 11.6. The van der Waals surface area contributed by atoms with Crippen LogP contribution >= 0.6 is 7.75 Å². The second-order valence-corrected chi connectivity index (χ2v) is 5.52. The molecule has 2 aromatic carbocycles. The van der Waals surface area contributed by atoms with Crippen LogP contribution in [0.5, 0.6) is 11.5 Å². The number of para-hydroxylation sites is 2. The first-order valence-corrected chi connectivity index (χ1v) is 7.54. The number of terminal acetylenes is 1. The summed E-state index contributed by atoms with van der Waals surface area (Å²) in [5.41, 5.74) is 0. The lowest BCUT2D eigenvalue weighted by Crippen LogP contribution is -2.18. The Hall–Kier alpha value is -2.21. The summed E-state index contributed by atoms with van der Waals surface area (Å²) in [5, 5.41) is 2.62. The first-order valence-electron chi connectivity index (χ1n) is 6.00. The molecule has 0 saturated carbocycles. The first kappa shape index (κ1) is 14.2. The van der Waals surface area contributed by atoms with Crippen molar-refractivity contribution in [1.82, 2.24) is 5.09 Å². The molecule has 0 atom stereocenters. The Morgan fingerprint density at radius 2 is 1.40 bits per heavy atom. The van der Waals surface area contributed by atoms with E-state index in [1.807, 2.05) is 12.1 Å². The topological polar surface area (TPSA) is 47.6 Å². The molecule has 102 valence electrons. The van der Waals surface area contributed by atoms with Crippen molar-refractivity contribution in [2.75, 3.05) is 6.54 Å². The summed E-state index contributed by atoms with van der Waals surface area (Å²) in [4.78, 5) is 0. The van der Waals surface area contributed by atoms with E-state index >= 15 is 0 Å². The van der Waals surface area contributed by atoms with Crippen molar-refractivity contribution >= 4 is 7.75 Å². The Kier molecular flexibility index (Phi) is 4.84. The van der Waals surface area contributed by atoms with Gasteiger partial charge < -0.3 is 9.05 Å². The third-order valence-electron chi connectivity index (χ3n) is 2.31. The molecule has 4 nitrogen and oxygen atoms in total. The van der Waals surface area contributed by atoms with E-state index in [-0.39, 0.29) is 6.54 Å². The van der Waals surface area contributed by atoms with E-state index in [2.05, 4.69) is 11.0 Å². The Morgan fingerprint density at radius 1 is 0.950 bits per heavy atom. The van der Waals surface area contributed by atoms with Gasteiger partial charge in [0, 0.05) is 0 Å². The van der Waals surface area contributed by atoms with Crippen LogP contribution < -0.4 is 14.1 Å². The van der Waals surface area contributed by atoms with Gasteiger partial charge in [-0.3, -0.25) is 0 Å². The van der Waals surface area contributed by atoms with Crippen LogP contribution in [0.3, 0.4) is 0 Å². The van der Waals surface area contributed by atoms with E-state index in [0.717, 1.165) is 0 Å². The van der Waals surface area contributed by atoms with Gasteiger partial charge in [0.25, 0.3) is 0 Å². The summed E-state index contributed by atoms with van der Waals surface area (Å²) < 4.78 is 23.5. The van der Waals surface area contributed by atoms with Crippen LogP contribution in [-0.2, 0) is 4.57 Å². The maximum atomic E-state index is 12.7. The van der Waals surface area contributed by atoms with Gasteiger partial charge in [-0.1, -0.05) is 42.3 Å². The molecular formula is C15H14NO3P. The lowest BCUT2D eigenvalue weighted by Gasteiger charge is -2.19. The monoisotopic (exact) mass is 287 g/mol. The predicted octanol–water partition coefficient (Wildman–Crippen LogP) is 3.48. The Labute approximate surface area is 118 Å². The molecule has 1 N–H and O–H groups in total. The Bertz CT molecular complexity index is 577. The number of benzene rings is 2. The van der Waals surface area contributed by atoms with Crippen molar-refractivity contribution in [3.8, 4) is 23.8 Å². The van der Waals surface area contributed by atoms with Crippen molar-refractivity contribution in [2.45, 2.75) is 0 Å². The summed E-state index contributed by atoms with van der Waals surface area (Å²) in [5.74, 6) is 3.23. The quantitative estimate of drug-likeness (QED) is 0.652. The van der Waals surface area contributed by atoms with Gasteiger partial charge in [-0.15, -0.1) is 6.42 Å². The molecule has 0 radical (unpaired) electrons. The Balaban J connectivity index is 2.17. The number of rotatable bonds is 6. The fourth-order valence-electron chi connectivity index (χ4n) is 1.47. The van der Waals surface area contributed by atoms with E-state index in [0.29, 0.717) is 11.5 Å². The van der Waals surface area contributed by atoms with Crippen LogP contribution in [-0.4, -0.2) is 6.54 Å². The lowest BCUT2D eigenvalue weighted by atomic mass is 10.3. The van der Waals surface area contributed by atoms with Crippen LogP contribution in [0.25, 0.3) is 0 Å². The highest BCUT2D eigenvalue weighted by Gasteiger charge is 2.27. The molecule has 5 heteroatoms. The first-order chi connectivity index (χ1) is 9.72. The van der Waals surface area contributed by atoms with Gasteiger partial charge in [0.2, 0.25) is 0 Å². The zero-order valence-electron chi connectivity index (χ0n) is 10.7. The summed E-state index contributed by atoms with van der Waals surface area (Å²) >= 11 is 0. The summed E-state index contributed by atoms with van der Waals surface area (Å²) in [6.07, 6.45) is 5.18. The summed E-state index contributed by atoms with van der Waals surface area (Å²) in [6.45, 7) is 0.0803. The van der Waals surface area contributed by atoms with Crippen LogP contribution in [0, 0.1) is 12.3 Å². The van der Waals surface area contributed by atoms with Crippen molar-refractivity contribution in [2.24, 2.45) is 0 Å². The maximum Gasteiger partial charge on any atom is 0.513 e. The third-order valence-corrected chi connectivity index (χ3v) is 3.76. The second kappa shape index (κ2) is 6.81. The molecule has 0 aliphatic carbocycles. The lowest BCUT2D eigenvalue weighted by molar-refractivity contribution is 0.374. The number of nitrogens with one attached hydrogen (secondary N) is 1. The zero-order chi connectivity index (χ0) is 14.3. The summed E-state index contributed by atoms with van der Waals surface area (Å²) in [7, 11) is -3.57. The van der Waals surface area contributed by atoms with Gasteiger partial charge in [0.15, 0.2) is 0 Å². The molecule has 0 saturated heterocycles. The average molecular weight is 287 g/mol. The van der Waals surface area contributed by atoms with Crippen molar-refractivity contribution in [1.29, 1.82) is 0 Å². The molecule has 0 amide bonds. The summed E-state index contributed by atoms with van der Waals surface area (Å²) in [6, 6.07) is 17.6. The largest absolute Gasteiger partial charge is 0.513 e. The third kappa shape index (κ3) is 4.17. The molecule has 20 heavy (non-hydrogen) atoms. The molecule has 0 aromatic heterocycles. The molecule has 0 bridgehead atoms. The highest BCUT2D eigenvalue weighted by molar-refractivity contribution is 7.52. The van der Waals surface area contributed by atoms with Crippen LogP contribution in [0.2, 0.25) is 0 Å². The van der Waals surface area contributed by atoms with Gasteiger partial charge in [-0.25, -0.2) is 4.57 Å². The van der Waals surface area contributed by atoms with E-state index in [1.54, 1.807) is 48.5 Å². The average Bonchev–Trinajstić information content (AvgIpc) is 2.47. The normalized spacial score (nSPS) is 10.6. The van der Waals surface area contributed by atoms with E-state index in [1.165, 1.54) is 0 Å². The van der Waals surface area contributed by atoms with Crippen LogP contribution in [0.15, 0.2) is 60.7 Å². The highest BCUT2D eigenvalue weighted by Crippen LogP contribution is 2.44. The molecule has 0 aliphatic rings. The smallest absolute Gasteiger partial charge is 0.405 e. The van der Waals surface area contributed by atoms with E-state index in [9.17, 15) is 4.57 Å². The molecule has 0 spiro atoms. The van der Waals surface area contributed by atoms with Crippen molar-refractivity contribution in [3.05, 3.63) is 60.7 Å². The highest BCUT2D eigenvalue weighted by atomic mass is 31.2. The minimum atomic E-state index is -3.57. The molecular weight excluding hydrogens is 273 g/mol. The van der Waals surface area contributed by atoms with E-state index in [4.69, 9.17) is 15.5 Å². The van der Waals surface area contributed by atoms with Gasteiger partial charge in [0.05, 0.1) is 6.54 Å². The SMILES string of the molecule is C#CCNP(=O)(Oc1ccccc1)Oc1ccccc1. The molecule has 0 unspecified atom stereocenters. The molecule has 0 fully saturated rings. The number of hydrogen-bond acceptors (Lipinski definition) is 3. The second-order valence-electron chi connectivity index (χ2n) is 3.85. The van der Waals surface area contributed by atoms with Gasteiger partial charge >= 0.3 is 7.75 Å². The minimum absolute atomic E-state index is 0.0803. The molecule has 2 aromatic rings. The Morgan fingerprint density at radius 3 is 1.80 bits per heavy atom. The molecule has 0 heterocycles. The van der Waals surface area contributed by atoms with Gasteiger partial charge in [-0.05, 0) is 24.3 Å². The van der Waals surface area contributed by atoms with Crippen LogP contribution in [0.4, 0.5) is 0 Å². The maximum absolute atomic E-state index is 12.7. The van der Waals surface area contributed by atoms with Crippen molar-refractivity contribution < 1.29 is 13.6 Å². The fraction of sp³-hybridized carbons (Fsp3) is 0.0667. The number of hydrogen-bond donors (Lipinski definition) is 1. The van der Waals surface area contributed by atoms with Gasteiger partial charge in [0.1, 0.15) is 11.5 Å². The van der Waals surface area contributed by atoms with Gasteiger partial charge in [-0.2, -0.15) is 5.09 Å². The molecule has 0 aliphatic heterocycles. The van der Waals surface area contributed by atoms with Crippen molar-refractivity contribution in [3.63, 3.8) is 0 Å².